The molecule has 1 atom stereocenters. The van der Waals surface area contributed by atoms with E-state index in [2.05, 4.69) is 5.32 Å². The predicted molar refractivity (Wildman–Crippen MR) is 66.0 cm³/mol. The fraction of sp³-hybridized carbons (Fsp3) is 0.462. The number of fused-ring (bicyclic) bond motifs is 1. The molecule has 0 aromatic heterocycles. The Kier molecular flexibility index (Phi) is 2.42. The molecule has 1 fully saturated rings. The van der Waals surface area contributed by atoms with Gasteiger partial charge in [0, 0.05) is 18.0 Å². The van der Waals surface area contributed by atoms with Crippen molar-refractivity contribution in [1.29, 1.82) is 0 Å². The molecule has 0 bridgehead atoms. The molecule has 0 radical (unpaired) electrons. The molecule has 0 amide bonds. The van der Waals surface area contributed by atoms with Crippen LogP contribution in [0.2, 0.25) is 5.02 Å². The predicted octanol–water partition coefficient (Wildman–Crippen LogP) is 2.35. The average Bonchev–Trinajstić information content (AvgIpc) is 2.69. The number of rotatable bonds is 0. The van der Waals surface area contributed by atoms with Crippen LogP contribution in [-0.2, 0) is 0 Å². The van der Waals surface area contributed by atoms with E-state index < -0.39 is 0 Å². The molecule has 0 saturated carbocycles. The maximum absolute atomic E-state index is 12.2. The van der Waals surface area contributed by atoms with Crippen molar-refractivity contribution in [2.75, 3.05) is 13.1 Å². The van der Waals surface area contributed by atoms with Crippen LogP contribution in [0.15, 0.2) is 12.1 Å². The SMILES string of the molecule is Cc1cc(Cl)cc2c1OC1(CCNC1)CC2=O. The van der Waals surface area contributed by atoms with Gasteiger partial charge in [0.2, 0.25) is 0 Å². The summed E-state index contributed by atoms with van der Waals surface area (Å²) in [5.74, 6) is 0.856. The second-order valence-electron chi connectivity index (χ2n) is 4.91. The highest BCUT2D eigenvalue weighted by Gasteiger charge is 2.43. The maximum Gasteiger partial charge on any atom is 0.170 e. The third-order valence-corrected chi connectivity index (χ3v) is 3.76. The molecule has 1 aromatic rings. The number of nitrogens with one attached hydrogen (secondary N) is 1. The van der Waals surface area contributed by atoms with Crippen molar-refractivity contribution in [2.45, 2.75) is 25.4 Å². The summed E-state index contributed by atoms with van der Waals surface area (Å²) in [5, 5.41) is 3.86. The number of carbonyl (C=O) groups is 1. The molecular weight excluding hydrogens is 238 g/mol. The average molecular weight is 252 g/mol. The number of halogens is 1. The molecule has 1 aromatic carbocycles. The second-order valence-corrected chi connectivity index (χ2v) is 5.35. The molecule has 0 aliphatic carbocycles. The van der Waals surface area contributed by atoms with Crippen molar-refractivity contribution in [2.24, 2.45) is 0 Å². The molecule has 3 nitrogen and oxygen atoms in total. The third kappa shape index (κ3) is 1.74. The van der Waals surface area contributed by atoms with Crippen molar-refractivity contribution < 1.29 is 9.53 Å². The molecular formula is C13H14ClNO2. The Bertz CT molecular complexity index is 492. The van der Waals surface area contributed by atoms with Crippen molar-refractivity contribution in [3.8, 4) is 5.75 Å². The first-order chi connectivity index (χ1) is 8.10. The van der Waals surface area contributed by atoms with Gasteiger partial charge in [-0.3, -0.25) is 4.79 Å². The van der Waals surface area contributed by atoms with Crippen LogP contribution in [0.1, 0.15) is 28.8 Å². The summed E-state index contributed by atoms with van der Waals surface area (Å²) in [6.45, 7) is 3.59. The van der Waals surface area contributed by atoms with Crippen LogP contribution >= 0.6 is 11.6 Å². The van der Waals surface area contributed by atoms with E-state index in [1.807, 2.05) is 13.0 Å². The number of benzene rings is 1. The fourth-order valence-corrected chi connectivity index (χ4v) is 2.94. The van der Waals surface area contributed by atoms with Gasteiger partial charge in [0.1, 0.15) is 11.4 Å². The third-order valence-electron chi connectivity index (χ3n) is 3.55. The smallest absolute Gasteiger partial charge is 0.170 e. The zero-order valence-corrected chi connectivity index (χ0v) is 10.4. The minimum Gasteiger partial charge on any atom is -0.484 e. The van der Waals surface area contributed by atoms with E-state index in [9.17, 15) is 4.79 Å². The van der Waals surface area contributed by atoms with Gasteiger partial charge in [0.15, 0.2) is 5.78 Å². The van der Waals surface area contributed by atoms with E-state index in [0.29, 0.717) is 22.8 Å². The second kappa shape index (κ2) is 3.72. The van der Waals surface area contributed by atoms with E-state index >= 15 is 0 Å². The standard InChI is InChI=1S/C13H14ClNO2/c1-8-4-9(14)5-10-11(16)6-13(17-12(8)10)2-3-15-7-13/h4-5,15H,2-3,6-7H2,1H3. The molecule has 1 saturated heterocycles. The molecule has 2 aliphatic rings. The van der Waals surface area contributed by atoms with Gasteiger partial charge in [-0.25, -0.2) is 0 Å². The summed E-state index contributed by atoms with van der Waals surface area (Å²) in [6, 6.07) is 3.55. The number of aryl methyl sites for hydroxylation is 1. The molecule has 2 aliphatic heterocycles. The first-order valence-electron chi connectivity index (χ1n) is 5.83. The van der Waals surface area contributed by atoms with E-state index in [0.717, 1.165) is 25.1 Å². The van der Waals surface area contributed by atoms with Gasteiger partial charge in [-0.15, -0.1) is 0 Å². The Morgan fingerprint density at radius 1 is 1.47 bits per heavy atom. The number of ketones is 1. The molecule has 2 heterocycles. The first kappa shape index (κ1) is 11.1. The summed E-state index contributed by atoms with van der Waals surface area (Å²) in [5.41, 5.74) is 1.24. The molecule has 1 unspecified atom stereocenters. The van der Waals surface area contributed by atoms with Gasteiger partial charge in [0.05, 0.1) is 12.0 Å². The molecule has 1 spiro atoms. The fourth-order valence-electron chi connectivity index (χ4n) is 2.67. The normalized spacial score (nSPS) is 27.1. The van der Waals surface area contributed by atoms with Crippen molar-refractivity contribution in [3.63, 3.8) is 0 Å². The molecule has 3 rings (SSSR count). The summed E-state index contributed by atoms with van der Waals surface area (Å²) in [7, 11) is 0. The maximum atomic E-state index is 12.2. The number of ether oxygens (including phenoxy) is 1. The lowest BCUT2D eigenvalue weighted by atomic mass is 9.88. The van der Waals surface area contributed by atoms with Gasteiger partial charge < -0.3 is 10.1 Å². The van der Waals surface area contributed by atoms with Crippen LogP contribution < -0.4 is 10.1 Å². The number of Topliss-reactive ketones (excluding diaryl/α,β-unsaturated/α-hetero) is 1. The quantitative estimate of drug-likeness (QED) is 0.769. The van der Waals surface area contributed by atoms with Crippen LogP contribution in [0.5, 0.6) is 5.75 Å². The summed E-state index contributed by atoms with van der Waals surface area (Å²) < 4.78 is 6.09. The Balaban J connectivity index is 2.09. The van der Waals surface area contributed by atoms with E-state index in [-0.39, 0.29) is 11.4 Å². The van der Waals surface area contributed by atoms with Crippen molar-refractivity contribution in [1.82, 2.24) is 5.32 Å². The Hall–Kier alpha value is -1.06. The Morgan fingerprint density at radius 3 is 3.00 bits per heavy atom. The van der Waals surface area contributed by atoms with Gasteiger partial charge in [0.25, 0.3) is 0 Å². The van der Waals surface area contributed by atoms with Crippen LogP contribution in [0, 0.1) is 6.92 Å². The molecule has 1 N–H and O–H groups in total. The van der Waals surface area contributed by atoms with Crippen LogP contribution in [-0.4, -0.2) is 24.5 Å². The van der Waals surface area contributed by atoms with E-state index in [4.69, 9.17) is 16.3 Å². The van der Waals surface area contributed by atoms with E-state index in [1.54, 1.807) is 6.07 Å². The number of hydrogen-bond acceptors (Lipinski definition) is 3. The summed E-state index contributed by atoms with van der Waals surface area (Å²) >= 11 is 5.98. The zero-order valence-electron chi connectivity index (χ0n) is 9.68. The van der Waals surface area contributed by atoms with Gasteiger partial charge in [-0.1, -0.05) is 11.6 Å². The highest BCUT2D eigenvalue weighted by Crippen LogP contribution is 2.39. The topological polar surface area (TPSA) is 38.3 Å². The number of carbonyl (C=O) groups excluding carboxylic acids is 1. The van der Waals surface area contributed by atoms with Crippen molar-refractivity contribution in [3.05, 3.63) is 28.3 Å². The van der Waals surface area contributed by atoms with Gasteiger partial charge >= 0.3 is 0 Å². The largest absolute Gasteiger partial charge is 0.484 e. The zero-order chi connectivity index (χ0) is 12.0. The summed E-state index contributed by atoms with van der Waals surface area (Å²) in [6.07, 6.45) is 1.34. The highest BCUT2D eigenvalue weighted by molar-refractivity contribution is 6.31. The molecule has 17 heavy (non-hydrogen) atoms. The lowest BCUT2D eigenvalue weighted by Crippen LogP contribution is -2.44. The number of hydrogen-bond donors (Lipinski definition) is 1. The van der Waals surface area contributed by atoms with Crippen LogP contribution in [0.25, 0.3) is 0 Å². The van der Waals surface area contributed by atoms with Crippen LogP contribution in [0.3, 0.4) is 0 Å². The minimum atomic E-state index is -0.331. The monoisotopic (exact) mass is 251 g/mol. The Labute approximate surface area is 105 Å². The Morgan fingerprint density at radius 2 is 2.29 bits per heavy atom. The molecule has 4 heteroatoms. The van der Waals surface area contributed by atoms with Crippen molar-refractivity contribution >= 4 is 17.4 Å². The summed E-state index contributed by atoms with van der Waals surface area (Å²) in [4.78, 5) is 12.2. The lowest BCUT2D eigenvalue weighted by molar-refractivity contribution is 0.0523. The highest BCUT2D eigenvalue weighted by atomic mass is 35.5. The molecule has 90 valence electrons. The lowest BCUT2D eigenvalue weighted by Gasteiger charge is -2.35. The van der Waals surface area contributed by atoms with Crippen LogP contribution in [0.4, 0.5) is 0 Å². The van der Waals surface area contributed by atoms with Gasteiger partial charge in [-0.05, 0) is 31.2 Å². The first-order valence-corrected chi connectivity index (χ1v) is 6.21. The minimum absolute atomic E-state index is 0.139. The van der Waals surface area contributed by atoms with E-state index in [1.165, 1.54) is 0 Å². The van der Waals surface area contributed by atoms with Gasteiger partial charge in [-0.2, -0.15) is 0 Å².